The number of fused-ring (bicyclic) bond motifs is 2. The van der Waals surface area contributed by atoms with E-state index in [1.165, 1.54) is 16.7 Å². The van der Waals surface area contributed by atoms with Crippen molar-refractivity contribution >= 4 is 10.8 Å². The molecule has 0 saturated heterocycles. The van der Waals surface area contributed by atoms with Crippen molar-refractivity contribution in [1.29, 1.82) is 0 Å². The molecule has 0 radical (unpaired) electrons. The van der Waals surface area contributed by atoms with Crippen LogP contribution in [-0.2, 0) is 0 Å². The van der Waals surface area contributed by atoms with Gasteiger partial charge in [0.05, 0.1) is 0 Å². The second-order valence-corrected chi connectivity index (χ2v) is 13.2. The van der Waals surface area contributed by atoms with E-state index >= 15 is 0 Å². The summed E-state index contributed by atoms with van der Waals surface area (Å²) in [6.07, 6.45) is 0. The summed E-state index contributed by atoms with van der Waals surface area (Å²) in [4.78, 5) is 14.7. The van der Waals surface area contributed by atoms with Crippen molar-refractivity contribution in [3.05, 3.63) is 188 Å². The maximum absolute atomic E-state index is 6.67. The Kier molecular flexibility index (Phi) is 7.43. The Morgan fingerprint density at radius 1 is 0.302 bits per heavy atom. The second kappa shape index (κ2) is 12.9. The smallest absolute Gasteiger partial charge is 0.164 e. The lowest BCUT2D eigenvalue weighted by Crippen LogP contribution is -2.00. The Balaban J connectivity index is 1.06. The van der Waals surface area contributed by atoms with Gasteiger partial charge in [-0.25, -0.2) is 15.0 Å². The molecule has 0 atom stereocenters. The molecule has 1 aliphatic heterocycles. The van der Waals surface area contributed by atoms with Gasteiger partial charge >= 0.3 is 0 Å². The second-order valence-electron chi connectivity index (χ2n) is 13.2. The summed E-state index contributed by atoms with van der Waals surface area (Å²) in [7, 11) is 0. The van der Waals surface area contributed by atoms with Crippen molar-refractivity contribution in [2.24, 2.45) is 0 Å². The lowest BCUT2D eigenvalue weighted by atomic mass is 9.86. The van der Waals surface area contributed by atoms with Gasteiger partial charge in [-0.05, 0) is 62.5 Å². The van der Waals surface area contributed by atoms with Crippen LogP contribution in [-0.4, -0.2) is 15.0 Å². The molecule has 10 rings (SSSR count). The standard InChI is InChI=1S/C49H31N3O/c1-4-13-32(14-5-1)37-19-10-20-38(31-37)40-21-12-24-43-45(40)42-23-11-22-41-39(29-30-44(53-43)46(41)42)33-25-27-36(28-26-33)49-51-47(34-15-6-2-7-16-34)50-48(52-49)35-17-8-3-9-18-35/h1-31H. The normalized spacial score (nSPS) is 11.5. The van der Waals surface area contributed by atoms with Crippen LogP contribution in [0.25, 0.3) is 89.4 Å². The lowest BCUT2D eigenvalue weighted by molar-refractivity contribution is 0.487. The van der Waals surface area contributed by atoms with Gasteiger partial charge in [-0.15, -0.1) is 0 Å². The van der Waals surface area contributed by atoms with Crippen molar-refractivity contribution < 1.29 is 4.74 Å². The van der Waals surface area contributed by atoms with E-state index in [0.29, 0.717) is 17.5 Å². The van der Waals surface area contributed by atoms with E-state index in [4.69, 9.17) is 19.7 Å². The van der Waals surface area contributed by atoms with Crippen molar-refractivity contribution in [3.8, 4) is 90.2 Å². The number of aromatic nitrogens is 3. The molecule has 0 bridgehead atoms. The molecule has 53 heavy (non-hydrogen) atoms. The molecule has 9 aromatic rings. The van der Waals surface area contributed by atoms with Gasteiger partial charge in [0.25, 0.3) is 0 Å². The molecule has 0 amide bonds. The Bertz CT molecular complexity index is 2720. The Labute approximate surface area is 307 Å². The predicted molar refractivity (Wildman–Crippen MR) is 215 cm³/mol. The van der Waals surface area contributed by atoms with Gasteiger partial charge in [0.2, 0.25) is 0 Å². The van der Waals surface area contributed by atoms with Gasteiger partial charge in [-0.3, -0.25) is 0 Å². The van der Waals surface area contributed by atoms with Crippen LogP contribution in [0.3, 0.4) is 0 Å². The number of hydrogen-bond donors (Lipinski definition) is 0. The number of hydrogen-bond acceptors (Lipinski definition) is 4. The zero-order valence-electron chi connectivity index (χ0n) is 28.6. The van der Waals surface area contributed by atoms with Crippen molar-refractivity contribution in [1.82, 2.24) is 15.0 Å². The summed E-state index contributed by atoms with van der Waals surface area (Å²) in [5.41, 5.74) is 12.0. The first-order valence-corrected chi connectivity index (χ1v) is 17.8. The van der Waals surface area contributed by atoms with Crippen molar-refractivity contribution in [2.45, 2.75) is 0 Å². The molecule has 4 heteroatoms. The van der Waals surface area contributed by atoms with Crippen LogP contribution >= 0.6 is 0 Å². The first-order valence-electron chi connectivity index (χ1n) is 17.8. The summed E-state index contributed by atoms with van der Waals surface area (Å²) in [6, 6.07) is 65.2. The monoisotopic (exact) mass is 677 g/mol. The summed E-state index contributed by atoms with van der Waals surface area (Å²) in [5.74, 6) is 3.66. The van der Waals surface area contributed by atoms with Crippen LogP contribution in [0.2, 0.25) is 0 Å². The highest BCUT2D eigenvalue weighted by Gasteiger charge is 2.24. The minimum atomic E-state index is 0.634. The van der Waals surface area contributed by atoms with Crippen LogP contribution in [0.4, 0.5) is 0 Å². The number of benzene rings is 8. The van der Waals surface area contributed by atoms with Crippen LogP contribution in [0.5, 0.6) is 11.5 Å². The van der Waals surface area contributed by atoms with Crippen molar-refractivity contribution in [2.75, 3.05) is 0 Å². The van der Waals surface area contributed by atoms with Gasteiger partial charge in [0.1, 0.15) is 11.5 Å². The maximum atomic E-state index is 6.67. The fraction of sp³-hybridized carbons (Fsp3) is 0. The third kappa shape index (κ3) is 5.54. The third-order valence-electron chi connectivity index (χ3n) is 9.95. The molecule has 0 saturated carbocycles. The Hall–Kier alpha value is -7.17. The average molecular weight is 678 g/mol. The number of ether oxygens (including phenoxy) is 1. The molecule has 2 heterocycles. The van der Waals surface area contributed by atoms with E-state index in [-0.39, 0.29) is 0 Å². The zero-order valence-corrected chi connectivity index (χ0v) is 28.6. The molecule has 0 fully saturated rings. The van der Waals surface area contributed by atoms with Crippen LogP contribution < -0.4 is 4.74 Å². The third-order valence-corrected chi connectivity index (χ3v) is 9.95. The molecule has 4 nitrogen and oxygen atoms in total. The molecular formula is C49H31N3O. The summed E-state index contributed by atoms with van der Waals surface area (Å²) < 4.78 is 6.67. The average Bonchev–Trinajstić information content (AvgIpc) is 3.24. The van der Waals surface area contributed by atoms with E-state index < -0.39 is 0 Å². The molecular weight excluding hydrogens is 647 g/mol. The fourth-order valence-corrected chi connectivity index (χ4v) is 7.41. The van der Waals surface area contributed by atoms with Crippen LogP contribution in [0, 0.1) is 0 Å². The van der Waals surface area contributed by atoms with E-state index in [1.807, 2.05) is 60.7 Å². The molecule has 1 aliphatic rings. The maximum Gasteiger partial charge on any atom is 0.164 e. The van der Waals surface area contributed by atoms with E-state index in [0.717, 1.165) is 66.8 Å². The summed E-state index contributed by atoms with van der Waals surface area (Å²) >= 11 is 0. The molecule has 0 aliphatic carbocycles. The van der Waals surface area contributed by atoms with E-state index in [9.17, 15) is 0 Å². The highest BCUT2D eigenvalue weighted by atomic mass is 16.5. The summed E-state index contributed by atoms with van der Waals surface area (Å²) in [6.45, 7) is 0. The minimum Gasteiger partial charge on any atom is -0.456 e. The van der Waals surface area contributed by atoms with E-state index in [2.05, 4.69) is 127 Å². The minimum absolute atomic E-state index is 0.634. The molecule has 1 aromatic heterocycles. The molecule has 248 valence electrons. The first-order chi connectivity index (χ1) is 26.3. The van der Waals surface area contributed by atoms with Gasteiger partial charge in [-0.2, -0.15) is 0 Å². The topological polar surface area (TPSA) is 47.9 Å². The number of rotatable bonds is 6. The highest BCUT2D eigenvalue weighted by molar-refractivity contribution is 6.12. The van der Waals surface area contributed by atoms with Gasteiger partial charge in [0.15, 0.2) is 17.5 Å². The number of nitrogens with zero attached hydrogens (tertiary/aromatic N) is 3. The molecule has 8 aromatic carbocycles. The zero-order chi connectivity index (χ0) is 35.1. The van der Waals surface area contributed by atoms with Gasteiger partial charge in [0, 0.05) is 27.6 Å². The SMILES string of the molecule is c1ccc(-c2cccc(-c3cccc4c3-c3cccc5c(-c6ccc(-c7nc(-c8ccccc8)nc(-c8ccccc8)n7)cc6)ccc(c35)O4)c2)cc1. The quantitative estimate of drug-likeness (QED) is 0.176. The summed E-state index contributed by atoms with van der Waals surface area (Å²) in [5, 5.41) is 2.26. The molecule has 0 N–H and O–H groups in total. The molecule has 0 unspecified atom stereocenters. The van der Waals surface area contributed by atoms with Gasteiger partial charge in [-0.1, -0.05) is 170 Å². The van der Waals surface area contributed by atoms with Crippen LogP contribution in [0.1, 0.15) is 0 Å². The Morgan fingerprint density at radius 2 is 0.811 bits per heavy atom. The van der Waals surface area contributed by atoms with Crippen LogP contribution in [0.15, 0.2) is 188 Å². The predicted octanol–water partition coefficient (Wildman–Crippen LogP) is 12.8. The first kappa shape index (κ1) is 30.6. The van der Waals surface area contributed by atoms with Crippen molar-refractivity contribution in [3.63, 3.8) is 0 Å². The highest BCUT2D eigenvalue weighted by Crippen LogP contribution is 2.52. The van der Waals surface area contributed by atoms with Gasteiger partial charge < -0.3 is 4.74 Å². The largest absolute Gasteiger partial charge is 0.456 e. The lowest BCUT2D eigenvalue weighted by Gasteiger charge is -2.25. The van der Waals surface area contributed by atoms with E-state index in [1.54, 1.807) is 0 Å². The molecule has 0 spiro atoms. The Morgan fingerprint density at radius 3 is 1.47 bits per heavy atom. The fourth-order valence-electron chi connectivity index (χ4n) is 7.41.